The van der Waals surface area contributed by atoms with E-state index in [1.807, 2.05) is 36.5 Å². The lowest BCUT2D eigenvalue weighted by molar-refractivity contribution is 0.655. The molecule has 1 aromatic carbocycles. The topological polar surface area (TPSA) is 38.9 Å². The summed E-state index contributed by atoms with van der Waals surface area (Å²) in [4.78, 5) is 8.73. The molecule has 0 N–H and O–H groups in total. The Kier molecular flexibility index (Phi) is 2.33. The number of rotatable bonds is 1. The summed E-state index contributed by atoms with van der Waals surface area (Å²) in [5.74, 6) is 0. The first kappa shape index (κ1) is 11.2. The van der Waals surface area contributed by atoms with Gasteiger partial charge in [-0.15, -0.1) is 0 Å². The second-order valence-electron chi connectivity index (χ2n) is 4.86. The molecular weight excluding hydrogens is 248 g/mol. The Morgan fingerprint density at radius 3 is 2.70 bits per heavy atom. The van der Waals surface area contributed by atoms with Crippen LogP contribution in [0.4, 0.5) is 0 Å². The normalized spacial score (nSPS) is 11.2. The molecule has 0 radical (unpaired) electrons. The van der Waals surface area contributed by atoms with Crippen molar-refractivity contribution in [3.8, 4) is 11.3 Å². The highest BCUT2D eigenvalue weighted by atomic mass is 16.3. The molecule has 20 heavy (non-hydrogen) atoms. The maximum atomic E-state index is 5.93. The molecule has 0 saturated carbocycles. The molecule has 0 aliphatic heterocycles. The molecule has 4 rings (SSSR count). The Morgan fingerprint density at radius 1 is 0.900 bits per heavy atom. The number of aromatic nitrogens is 2. The zero-order chi connectivity index (χ0) is 13.5. The van der Waals surface area contributed by atoms with Gasteiger partial charge in [0.1, 0.15) is 5.58 Å². The standard InChI is InChI=1S/C17H12N2O/c1-11-7-9-18-15(10-11)14-5-2-4-12-13-6-3-8-19-17(13)20-16(12)14/h2-10H,1H3. The van der Waals surface area contributed by atoms with Crippen LogP contribution in [0.1, 0.15) is 5.56 Å². The van der Waals surface area contributed by atoms with E-state index in [4.69, 9.17) is 4.42 Å². The number of hydrogen-bond donors (Lipinski definition) is 0. The molecule has 3 aromatic heterocycles. The fourth-order valence-corrected chi connectivity index (χ4v) is 2.52. The molecule has 0 unspecified atom stereocenters. The third-order valence-corrected chi connectivity index (χ3v) is 3.47. The molecule has 0 fully saturated rings. The highest BCUT2D eigenvalue weighted by Crippen LogP contribution is 2.34. The number of para-hydroxylation sites is 1. The summed E-state index contributed by atoms with van der Waals surface area (Å²) in [6, 6.07) is 14.1. The number of furan rings is 1. The maximum absolute atomic E-state index is 5.93. The number of pyridine rings is 2. The van der Waals surface area contributed by atoms with E-state index in [0.29, 0.717) is 5.71 Å². The summed E-state index contributed by atoms with van der Waals surface area (Å²) < 4.78 is 5.93. The van der Waals surface area contributed by atoms with Crippen LogP contribution in [0.25, 0.3) is 33.3 Å². The molecule has 3 heteroatoms. The smallest absolute Gasteiger partial charge is 0.227 e. The Morgan fingerprint density at radius 2 is 1.80 bits per heavy atom. The van der Waals surface area contributed by atoms with Gasteiger partial charge in [0.25, 0.3) is 0 Å². The second-order valence-corrected chi connectivity index (χ2v) is 4.86. The van der Waals surface area contributed by atoms with Crippen LogP contribution < -0.4 is 0 Å². The van der Waals surface area contributed by atoms with Crippen LogP contribution in [0.3, 0.4) is 0 Å². The fourth-order valence-electron chi connectivity index (χ4n) is 2.52. The van der Waals surface area contributed by atoms with Gasteiger partial charge < -0.3 is 4.42 Å². The molecule has 0 bridgehead atoms. The van der Waals surface area contributed by atoms with E-state index in [-0.39, 0.29) is 0 Å². The lowest BCUT2D eigenvalue weighted by Crippen LogP contribution is -1.84. The summed E-state index contributed by atoms with van der Waals surface area (Å²) in [7, 11) is 0. The van der Waals surface area contributed by atoms with Crippen molar-refractivity contribution in [3.05, 3.63) is 60.4 Å². The molecule has 0 atom stereocenters. The van der Waals surface area contributed by atoms with E-state index in [2.05, 4.69) is 29.0 Å². The van der Waals surface area contributed by atoms with Crippen molar-refractivity contribution in [1.82, 2.24) is 9.97 Å². The first-order valence-electron chi connectivity index (χ1n) is 6.52. The van der Waals surface area contributed by atoms with Crippen molar-refractivity contribution in [2.45, 2.75) is 6.92 Å². The van der Waals surface area contributed by atoms with Crippen LogP contribution >= 0.6 is 0 Å². The maximum Gasteiger partial charge on any atom is 0.227 e. The van der Waals surface area contributed by atoms with Crippen LogP contribution in [0.15, 0.2) is 59.3 Å². The van der Waals surface area contributed by atoms with Gasteiger partial charge in [-0.25, -0.2) is 4.98 Å². The summed E-state index contributed by atoms with van der Waals surface area (Å²) >= 11 is 0. The number of hydrogen-bond acceptors (Lipinski definition) is 3. The third-order valence-electron chi connectivity index (χ3n) is 3.47. The lowest BCUT2D eigenvalue weighted by Gasteiger charge is -2.02. The third kappa shape index (κ3) is 1.60. The van der Waals surface area contributed by atoms with Gasteiger partial charge in [0.05, 0.1) is 5.69 Å². The molecular formula is C17H12N2O. The van der Waals surface area contributed by atoms with Crippen LogP contribution in [-0.4, -0.2) is 9.97 Å². The predicted molar refractivity (Wildman–Crippen MR) is 79.5 cm³/mol. The molecule has 3 nitrogen and oxygen atoms in total. The highest BCUT2D eigenvalue weighted by Gasteiger charge is 2.12. The van der Waals surface area contributed by atoms with Crippen LogP contribution in [0.2, 0.25) is 0 Å². The molecule has 96 valence electrons. The van der Waals surface area contributed by atoms with Gasteiger partial charge in [0.15, 0.2) is 0 Å². The molecule has 0 aliphatic rings. The molecule has 0 amide bonds. The second kappa shape index (κ2) is 4.17. The minimum atomic E-state index is 0.669. The quantitative estimate of drug-likeness (QED) is 0.510. The van der Waals surface area contributed by atoms with E-state index in [1.165, 1.54) is 5.56 Å². The molecule has 3 heterocycles. The van der Waals surface area contributed by atoms with E-state index in [9.17, 15) is 0 Å². The van der Waals surface area contributed by atoms with Crippen molar-refractivity contribution in [3.63, 3.8) is 0 Å². The molecule has 0 spiro atoms. The molecule has 4 aromatic rings. The van der Waals surface area contributed by atoms with Gasteiger partial charge in [-0.3, -0.25) is 4.98 Å². The van der Waals surface area contributed by atoms with Crippen LogP contribution in [0.5, 0.6) is 0 Å². The number of benzene rings is 1. The Hall–Kier alpha value is -2.68. The van der Waals surface area contributed by atoms with Crippen molar-refractivity contribution in [2.24, 2.45) is 0 Å². The summed E-state index contributed by atoms with van der Waals surface area (Å²) in [6.07, 6.45) is 3.57. The van der Waals surface area contributed by atoms with Gasteiger partial charge in [0.2, 0.25) is 5.71 Å². The van der Waals surface area contributed by atoms with Crippen molar-refractivity contribution in [2.75, 3.05) is 0 Å². The average molecular weight is 260 g/mol. The van der Waals surface area contributed by atoms with Gasteiger partial charge >= 0.3 is 0 Å². The van der Waals surface area contributed by atoms with Crippen LogP contribution in [0, 0.1) is 6.92 Å². The zero-order valence-corrected chi connectivity index (χ0v) is 11.0. The summed E-state index contributed by atoms with van der Waals surface area (Å²) in [5.41, 5.74) is 4.63. The van der Waals surface area contributed by atoms with E-state index >= 15 is 0 Å². The number of aryl methyl sites for hydroxylation is 1. The first-order valence-corrected chi connectivity index (χ1v) is 6.52. The number of nitrogens with zero attached hydrogens (tertiary/aromatic N) is 2. The predicted octanol–water partition coefficient (Wildman–Crippen LogP) is 4.35. The fraction of sp³-hybridized carbons (Fsp3) is 0.0588. The average Bonchev–Trinajstić information content (AvgIpc) is 2.86. The SMILES string of the molecule is Cc1ccnc(-c2cccc3c2oc2ncccc23)c1. The minimum Gasteiger partial charge on any atom is -0.437 e. The van der Waals surface area contributed by atoms with Crippen molar-refractivity contribution in [1.29, 1.82) is 0 Å². The highest BCUT2D eigenvalue weighted by molar-refractivity contribution is 6.08. The van der Waals surface area contributed by atoms with Crippen molar-refractivity contribution >= 4 is 22.1 Å². The lowest BCUT2D eigenvalue weighted by atomic mass is 10.1. The van der Waals surface area contributed by atoms with Gasteiger partial charge in [-0.05, 0) is 42.8 Å². The van der Waals surface area contributed by atoms with Crippen LogP contribution in [-0.2, 0) is 0 Å². The largest absolute Gasteiger partial charge is 0.437 e. The Balaban J connectivity index is 2.10. The molecule has 0 saturated heterocycles. The Bertz CT molecular complexity index is 924. The zero-order valence-electron chi connectivity index (χ0n) is 11.0. The van der Waals surface area contributed by atoms with E-state index in [0.717, 1.165) is 27.6 Å². The Labute approximate surface area is 115 Å². The summed E-state index contributed by atoms with van der Waals surface area (Å²) in [5, 5.41) is 2.12. The molecule has 0 aliphatic carbocycles. The van der Waals surface area contributed by atoms with E-state index in [1.54, 1.807) is 6.20 Å². The first-order chi connectivity index (χ1) is 9.83. The van der Waals surface area contributed by atoms with Gasteiger partial charge in [-0.1, -0.05) is 12.1 Å². The van der Waals surface area contributed by atoms with Crippen molar-refractivity contribution < 1.29 is 4.42 Å². The van der Waals surface area contributed by atoms with Gasteiger partial charge in [-0.2, -0.15) is 0 Å². The van der Waals surface area contributed by atoms with Gasteiger partial charge in [0, 0.05) is 28.7 Å². The number of fused-ring (bicyclic) bond motifs is 3. The summed E-state index contributed by atoms with van der Waals surface area (Å²) in [6.45, 7) is 2.06. The minimum absolute atomic E-state index is 0.669. The van der Waals surface area contributed by atoms with E-state index < -0.39 is 0 Å². The monoisotopic (exact) mass is 260 g/mol.